The van der Waals surface area contributed by atoms with Gasteiger partial charge in [0.25, 0.3) is 0 Å². The van der Waals surface area contributed by atoms with E-state index < -0.39 is 12.6 Å². The fourth-order valence-electron chi connectivity index (χ4n) is 4.34. The van der Waals surface area contributed by atoms with E-state index in [-0.39, 0.29) is 18.6 Å². The molecule has 5 rings (SSSR count). The number of rotatable bonds is 8. The molecule has 1 fully saturated rings. The number of ether oxygens (including phenoxy) is 3. The second-order valence-corrected chi connectivity index (χ2v) is 9.77. The summed E-state index contributed by atoms with van der Waals surface area (Å²) >= 11 is 0. The van der Waals surface area contributed by atoms with Gasteiger partial charge in [0.1, 0.15) is 47.4 Å². The summed E-state index contributed by atoms with van der Waals surface area (Å²) in [6, 6.07) is 12.8. The normalized spacial score (nSPS) is 15.8. The van der Waals surface area contributed by atoms with Gasteiger partial charge in [0.05, 0.1) is 34.8 Å². The second-order valence-electron chi connectivity index (χ2n) is 9.77. The zero-order chi connectivity index (χ0) is 29.2. The summed E-state index contributed by atoms with van der Waals surface area (Å²) in [7, 11) is -2.55. The van der Waals surface area contributed by atoms with Crippen LogP contribution in [-0.4, -0.2) is 62.9 Å². The van der Waals surface area contributed by atoms with Crippen LogP contribution in [0.4, 0.5) is 5.82 Å². The summed E-state index contributed by atoms with van der Waals surface area (Å²) in [5.41, 5.74) is 1.45. The first-order valence-electron chi connectivity index (χ1n) is 13.8. The molecule has 0 aliphatic carbocycles. The number of hydrogen-bond acceptors (Lipinski definition) is 9. The maximum atomic E-state index is 10.1. The Hall–Kier alpha value is -4.36. The molecule has 0 amide bonds. The van der Waals surface area contributed by atoms with Crippen LogP contribution >= 0.6 is 0 Å². The third kappa shape index (κ3) is 5.63. The molecule has 1 aliphatic rings. The number of piperidine rings is 1. The molecular weight excluding hydrogens is 484 g/mol. The Morgan fingerprint density at radius 1 is 1.08 bits per heavy atom. The summed E-state index contributed by atoms with van der Waals surface area (Å²) < 4.78 is 39.9. The van der Waals surface area contributed by atoms with Crippen LogP contribution in [0, 0.1) is 11.3 Å². The molecule has 0 radical (unpaired) electrons. The van der Waals surface area contributed by atoms with Gasteiger partial charge in [-0.25, -0.2) is 15.0 Å². The fourth-order valence-corrected chi connectivity index (χ4v) is 4.34. The molecule has 5 heterocycles. The van der Waals surface area contributed by atoms with Crippen LogP contribution < -0.4 is 19.1 Å². The molecule has 0 unspecified atom stereocenters. The topological polar surface area (TPSA) is 118 Å². The highest BCUT2D eigenvalue weighted by molar-refractivity contribution is 5.68. The lowest BCUT2D eigenvalue weighted by Gasteiger charge is -2.33. The lowest BCUT2D eigenvalue weighted by Crippen LogP contribution is -2.38. The van der Waals surface area contributed by atoms with Crippen molar-refractivity contribution in [3.8, 4) is 34.7 Å². The summed E-state index contributed by atoms with van der Waals surface area (Å²) in [5.74, 6) is 1.94. The van der Waals surface area contributed by atoms with Crippen LogP contribution in [0.5, 0.6) is 17.4 Å². The Morgan fingerprint density at radius 3 is 2.58 bits per heavy atom. The van der Waals surface area contributed by atoms with E-state index >= 15 is 0 Å². The number of pyridine rings is 3. The van der Waals surface area contributed by atoms with Gasteiger partial charge in [0.2, 0.25) is 5.88 Å². The smallest absolute Gasteiger partial charge is 0.213 e. The van der Waals surface area contributed by atoms with Crippen molar-refractivity contribution in [2.45, 2.75) is 38.4 Å². The maximum absolute atomic E-state index is 10.1. The first kappa shape index (κ1) is 21.7. The van der Waals surface area contributed by atoms with Gasteiger partial charge in [-0.05, 0) is 32.0 Å². The first-order valence-corrected chi connectivity index (χ1v) is 12.3. The standard InChI is InChI=1S/C28H30N6O4/c1-28(2,35)18-37-23-12-24(34-20(14-29)16-31-26(34)13-23)19-4-6-25(30-15-19)33-10-8-21(9-11-33)38-22-5-7-27(36-3)32-17-22/h4-7,12-13,15-17,21,35H,8-11,18H2,1-3H3/i3D3. The van der Waals surface area contributed by atoms with Gasteiger partial charge in [0, 0.05) is 55.9 Å². The van der Waals surface area contributed by atoms with Crippen molar-refractivity contribution in [3.63, 3.8) is 0 Å². The van der Waals surface area contributed by atoms with Gasteiger partial charge in [-0.2, -0.15) is 5.26 Å². The van der Waals surface area contributed by atoms with Crippen LogP contribution in [0.1, 0.15) is 36.5 Å². The minimum absolute atomic E-state index is 0.00715. The lowest BCUT2D eigenvalue weighted by atomic mass is 10.1. The summed E-state index contributed by atoms with van der Waals surface area (Å²) in [6.07, 6.45) is 6.29. The van der Waals surface area contributed by atoms with E-state index in [1.54, 1.807) is 36.6 Å². The molecule has 4 aromatic heterocycles. The van der Waals surface area contributed by atoms with E-state index in [1.165, 1.54) is 18.5 Å². The Kier molecular flexibility index (Phi) is 6.03. The molecule has 0 spiro atoms. The number of nitriles is 1. The third-order valence-corrected chi connectivity index (χ3v) is 6.21. The van der Waals surface area contributed by atoms with Crippen molar-refractivity contribution < 1.29 is 23.4 Å². The van der Waals surface area contributed by atoms with Crippen LogP contribution in [0.3, 0.4) is 0 Å². The molecule has 10 heteroatoms. The van der Waals surface area contributed by atoms with E-state index in [0.29, 0.717) is 28.5 Å². The van der Waals surface area contributed by atoms with Crippen LogP contribution in [0.25, 0.3) is 16.9 Å². The molecule has 1 aliphatic heterocycles. The molecule has 0 bridgehead atoms. The Balaban J connectivity index is 1.25. The van der Waals surface area contributed by atoms with Crippen LogP contribution in [0.15, 0.2) is 55.0 Å². The predicted octanol–water partition coefficient (Wildman–Crippen LogP) is 3.87. The van der Waals surface area contributed by atoms with Crippen molar-refractivity contribution in [3.05, 3.63) is 60.7 Å². The summed E-state index contributed by atoms with van der Waals surface area (Å²) in [5, 5.41) is 19.7. The van der Waals surface area contributed by atoms with E-state index in [2.05, 4.69) is 20.9 Å². The van der Waals surface area contributed by atoms with Crippen LogP contribution in [0.2, 0.25) is 0 Å². The number of fused-ring (bicyclic) bond motifs is 1. The number of aromatic nitrogens is 4. The second kappa shape index (κ2) is 10.6. The predicted molar refractivity (Wildman–Crippen MR) is 142 cm³/mol. The van der Waals surface area contributed by atoms with Gasteiger partial charge >= 0.3 is 0 Å². The molecule has 38 heavy (non-hydrogen) atoms. The molecule has 1 N–H and O–H groups in total. The lowest BCUT2D eigenvalue weighted by molar-refractivity contribution is 0.0285. The highest BCUT2D eigenvalue weighted by atomic mass is 16.5. The largest absolute Gasteiger partial charge is 0.490 e. The number of anilines is 1. The number of nitrogens with zero attached hydrogens (tertiary/aromatic N) is 6. The Labute approximate surface area is 225 Å². The van der Waals surface area contributed by atoms with Crippen molar-refractivity contribution in [2.75, 3.05) is 31.6 Å². The van der Waals surface area contributed by atoms with E-state index in [4.69, 9.17) is 23.3 Å². The first-order chi connectivity index (χ1) is 19.5. The molecule has 0 aromatic carbocycles. The average molecular weight is 518 g/mol. The van der Waals surface area contributed by atoms with Gasteiger partial charge in [-0.1, -0.05) is 0 Å². The van der Waals surface area contributed by atoms with Crippen LogP contribution in [-0.2, 0) is 0 Å². The van der Waals surface area contributed by atoms with Crippen molar-refractivity contribution in [1.82, 2.24) is 19.4 Å². The number of methoxy groups -OCH3 is 1. The highest BCUT2D eigenvalue weighted by Crippen LogP contribution is 2.30. The molecule has 4 aromatic rings. The zero-order valence-electron chi connectivity index (χ0n) is 24.2. The third-order valence-electron chi connectivity index (χ3n) is 6.21. The minimum atomic E-state index is -2.55. The average Bonchev–Trinajstić information content (AvgIpc) is 3.35. The highest BCUT2D eigenvalue weighted by Gasteiger charge is 2.22. The van der Waals surface area contributed by atoms with Gasteiger partial charge in [0.15, 0.2) is 0 Å². The van der Waals surface area contributed by atoms with Crippen molar-refractivity contribution >= 4 is 11.5 Å². The molecule has 10 nitrogen and oxygen atoms in total. The van der Waals surface area contributed by atoms with E-state index in [9.17, 15) is 10.4 Å². The molecule has 0 atom stereocenters. The number of imidazole rings is 1. The fraction of sp³-hybridized carbons (Fsp3) is 0.357. The van der Waals surface area contributed by atoms with Gasteiger partial charge < -0.3 is 24.2 Å². The Morgan fingerprint density at radius 2 is 1.92 bits per heavy atom. The number of aliphatic hydroxyl groups is 1. The quantitative estimate of drug-likeness (QED) is 0.372. The SMILES string of the molecule is [2H]C([2H])([2H])Oc1ccc(OC2CCN(c3ccc(-c4cc(OCC(C)(C)O)cc5ncc(C#N)n45)cn3)CC2)cn1. The van der Waals surface area contributed by atoms with E-state index in [1.807, 2.05) is 18.2 Å². The maximum Gasteiger partial charge on any atom is 0.213 e. The minimum Gasteiger partial charge on any atom is -0.490 e. The Bertz CT molecular complexity index is 1540. The monoisotopic (exact) mass is 517 g/mol. The molecular formula is C28H30N6O4. The summed E-state index contributed by atoms with van der Waals surface area (Å²) in [4.78, 5) is 15.3. The van der Waals surface area contributed by atoms with Gasteiger partial charge in [-0.15, -0.1) is 0 Å². The van der Waals surface area contributed by atoms with E-state index in [0.717, 1.165) is 37.3 Å². The zero-order valence-corrected chi connectivity index (χ0v) is 21.2. The molecule has 1 saturated heterocycles. The molecule has 0 saturated carbocycles. The van der Waals surface area contributed by atoms with Crippen molar-refractivity contribution in [1.29, 1.82) is 5.26 Å². The summed E-state index contributed by atoms with van der Waals surface area (Å²) in [6.45, 7) is 4.93. The van der Waals surface area contributed by atoms with Gasteiger partial charge in [-0.3, -0.25) is 4.40 Å². The number of hydrogen-bond donors (Lipinski definition) is 1. The molecule has 196 valence electrons. The van der Waals surface area contributed by atoms with Crippen molar-refractivity contribution in [2.24, 2.45) is 0 Å².